The van der Waals surface area contributed by atoms with Gasteiger partial charge in [0.1, 0.15) is 5.82 Å². The van der Waals surface area contributed by atoms with Crippen LogP contribution in [0, 0.1) is 0 Å². The Hall–Kier alpha value is -6.13. The van der Waals surface area contributed by atoms with E-state index in [2.05, 4.69) is 173 Å². The molecule has 48 heavy (non-hydrogen) atoms. The third-order valence-corrected chi connectivity index (χ3v) is 10.5. The normalized spacial score (nSPS) is 14.4. The fourth-order valence-corrected chi connectivity index (χ4v) is 8.47. The molecule has 0 amide bonds. The van der Waals surface area contributed by atoms with Gasteiger partial charge in [0.15, 0.2) is 0 Å². The number of para-hydroxylation sites is 3. The summed E-state index contributed by atoms with van der Waals surface area (Å²) in [4.78, 5) is 9.52. The minimum absolute atomic E-state index is 0.517. The summed E-state index contributed by atoms with van der Waals surface area (Å²) in [6.07, 6.45) is 1.87. The van der Waals surface area contributed by atoms with Crippen molar-refractivity contribution in [3.63, 3.8) is 0 Å². The zero-order valence-electron chi connectivity index (χ0n) is 26.6. The van der Waals surface area contributed by atoms with Gasteiger partial charge in [0.25, 0.3) is 0 Å². The Kier molecular flexibility index (Phi) is 5.73. The lowest BCUT2D eigenvalue weighted by Gasteiger charge is -2.35. The van der Waals surface area contributed by atoms with Crippen LogP contribution in [-0.4, -0.2) is 23.3 Å². The maximum atomic E-state index is 4.77. The average molecular weight is 617 g/mol. The highest BCUT2D eigenvalue weighted by atomic mass is 15.4. The molecule has 0 unspecified atom stereocenters. The van der Waals surface area contributed by atoms with Crippen molar-refractivity contribution in [3.8, 4) is 16.9 Å². The zero-order chi connectivity index (χ0) is 31.8. The standard InChI is InChI=1S/C44H32N4/c1-46-29-47(42-22-9-8-21-41(42)46)32-14-12-13-30(27-32)44(37-18-5-2-15-33(37)34-16-3-6-19-38(34)44)31-24-25-40-36(28-31)35-17-4-7-20-39(35)48(40)43-23-10-11-26-45-43/h2-28H,29H2,1H3. The van der Waals surface area contributed by atoms with Gasteiger partial charge >= 0.3 is 0 Å². The van der Waals surface area contributed by atoms with E-state index in [4.69, 9.17) is 4.98 Å². The summed E-state index contributed by atoms with van der Waals surface area (Å²) in [5.41, 5.74) is 13.2. The highest BCUT2D eigenvalue weighted by Crippen LogP contribution is 2.57. The Morgan fingerprint density at radius 3 is 2.00 bits per heavy atom. The molecule has 0 N–H and O–H groups in total. The third-order valence-electron chi connectivity index (χ3n) is 10.5. The number of anilines is 3. The van der Waals surface area contributed by atoms with Gasteiger partial charge in [-0.2, -0.15) is 0 Å². The third kappa shape index (κ3) is 3.63. The van der Waals surface area contributed by atoms with Crippen LogP contribution in [0.15, 0.2) is 164 Å². The molecule has 228 valence electrons. The fraction of sp³-hybridized carbons (Fsp3) is 0.0682. The minimum atomic E-state index is -0.517. The van der Waals surface area contributed by atoms with E-state index in [1.54, 1.807) is 0 Å². The van der Waals surface area contributed by atoms with Gasteiger partial charge in [0.2, 0.25) is 0 Å². The van der Waals surface area contributed by atoms with E-state index < -0.39 is 5.41 Å². The second-order valence-corrected chi connectivity index (χ2v) is 12.9. The van der Waals surface area contributed by atoms with Gasteiger partial charge in [-0.25, -0.2) is 4.98 Å². The van der Waals surface area contributed by atoms with Crippen molar-refractivity contribution in [2.45, 2.75) is 5.41 Å². The van der Waals surface area contributed by atoms with Gasteiger partial charge in [0.05, 0.1) is 34.5 Å². The molecule has 1 aliphatic carbocycles. The summed E-state index contributed by atoms with van der Waals surface area (Å²) in [7, 11) is 2.17. The van der Waals surface area contributed by atoms with Crippen LogP contribution in [0.4, 0.5) is 17.1 Å². The van der Waals surface area contributed by atoms with Gasteiger partial charge in [-0.15, -0.1) is 0 Å². The van der Waals surface area contributed by atoms with Crippen molar-refractivity contribution in [2.24, 2.45) is 0 Å². The first kappa shape index (κ1) is 27.0. The molecular weight excluding hydrogens is 585 g/mol. The first-order valence-electron chi connectivity index (χ1n) is 16.6. The summed E-state index contributed by atoms with van der Waals surface area (Å²) < 4.78 is 2.29. The van der Waals surface area contributed by atoms with Crippen LogP contribution >= 0.6 is 0 Å². The molecule has 0 fully saturated rings. The van der Waals surface area contributed by atoms with Gasteiger partial charge in [-0.05, 0) is 88.0 Å². The largest absolute Gasteiger partial charge is 0.355 e. The molecule has 8 aromatic rings. The van der Waals surface area contributed by atoms with Crippen molar-refractivity contribution < 1.29 is 0 Å². The monoisotopic (exact) mass is 616 g/mol. The highest BCUT2D eigenvalue weighted by Gasteiger charge is 2.46. The quantitative estimate of drug-likeness (QED) is 0.197. The van der Waals surface area contributed by atoms with Crippen LogP contribution < -0.4 is 9.80 Å². The second kappa shape index (κ2) is 10.2. The maximum Gasteiger partial charge on any atom is 0.137 e. The lowest BCUT2D eigenvalue weighted by atomic mass is 9.67. The smallest absolute Gasteiger partial charge is 0.137 e. The number of rotatable bonds is 4. The zero-order valence-corrected chi connectivity index (χ0v) is 26.6. The number of pyridine rings is 1. The van der Waals surface area contributed by atoms with E-state index in [1.165, 1.54) is 61.2 Å². The first-order valence-corrected chi connectivity index (χ1v) is 16.6. The average Bonchev–Trinajstić information content (AvgIpc) is 3.78. The van der Waals surface area contributed by atoms with Gasteiger partial charge in [0, 0.05) is 29.7 Å². The van der Waals surface area contributed by atoms with E-state index in [0.717, 1.165) is 23.5 Å². The van der Waals surface area contributed by atoms with Crippen LogP contribution in [0.1, 0.15) is 22.3 Å². The number of benzene rings is 6. The van der Waals surface area contributed by atoms with Crippen LogP contribution in [0.25, 0.3) is 38.8 Å². The molecule has 0 spiro atoms. The Labute approximate surface area is 279 Å². The van der Waals surface area contributed by atoms with Crippen LogP contribution in [0.5, 0.6) is 0 Å². The predicted octanol–water partition coefficient (Wildman–Crippen LogP) is 10.1. The minimum Gasteiger partial charge on any atom is -0.355 e. The lowest BCUT2D eigenvalue weighted by molar-refractivity contribution is 0.769. The van der Waals surface area contributed by atoms with Crippen LogP contribution in [0.2, 0.25) is 0 Å². The van der Waals surface area contributed by atoms with Crippen molar-refractivity contribution in [1.29, 1.82) is 0 Å². The molecule has 3 heterocycles. The Morgan fingerprint density at radius 1 is 0.542 bits per heavy atom. The molecule has 10 rings (SSSR count). The summed E-state index contributed by atoms with van der Waals surface area (Å²) in [6.45, 7) is 0.807. The molecule has 4 nitrogen and oxygen atoms in total. The number of fused-ring (bicyclic) bond motifs is 7. The van der Waals surface area contributed by atoms with E-state index >= 15 is 0 Å². The predicted molar refractivity (Wildman–Crippen MR) is 198 cm³/mol. The first-order chi connectivity index (χ1) is 23.7. The molecule has 2 aliphatic rings. The van der Waals surface area contributed by atoms with E-state index in [-0.39, 0.29) is 0 Å². The SMILES string of the molecule is CN1CN(c2cccc(C3(c4ccc5c(c4)c4ccccc4n5-c4ccccn4)c4ccccc4-c4ccccc43)c2)c2ccccc21. The Balaban J connectivity index is 1.27. The lowest BCUT2D eigenvalue weighted by Crippen LogP contribution is -2.29. The molecular formula is C44H32N4. The molecule has 0 radical (unpaired) electrons. The van der Waals surface area contributed by atoms with Gasteiger partial charge in [-0.3, -0.25) is 4.57 Å². The topological polar surface area (TPSA) is 24.3 Å². The van der Waals surface area contributed by atoms with E-state index in [0.29, 0.717) is 0 Å². The molecule has 0 atom stereocenters. The summed E-state index contributed by atoms with van der Waals surface area (Å²) in [5, 5.41) is 2.45. The van der Waals surface area contributed by atoms with Crippen molar-refractivity contribution in [1.82, 2.24) is 9.55 Å². The van der Waals surface area contributed by atoms with Crippen molar-refractivity contribution in [3.05, 3.63) is 186 Å². The number of hydrogen-bond donors (Lipinski definition) is 0. The fourth-order valence-electron chi connectivity index (χ4n) is 8.47. The molecule has 0 bridgehead atoms. The number of aromatic nitrogens is 2. The highest BCUT2D eigenvalue weighted by molar-refractivity contribution is 6.09. The van der Waals surface area contributed by atoms with Gasteiger partial charge < -0.3 is 9.80 Å². The van der Waals surface area contributed by atoms with Crippen molar-refractivity contribution in [2.75, 3.05) is 23.5 Å². The van der Waals surface area contributed by atoms with Crippen LogP contribution in [-0.2, 0) is 5.41 Å². The second-order valence-electron chi connectivity index (χ2n) is 12.9. The molecule has 0 saturated heterocycles. The molecule has 4 heteroatoms. The van der Waals surface area contributed by atoms with E-state index in [9.17, 15) is 0 Å². The number of nitrogens with zero attached hydrogens (tertiary/aromatic N) is 4. The molecule has 2 aromatic heterocycles. The Morgan fingerprint density at radius 2 is 1.21 bits per heavy atom. The van der Waals surface area contributed by atoms with Crippen molar-refractivity contribution >= 4 is 38.9 Å². The summed E-state index contributed by atoms with van der Waals surface area (Å²) in [6, 6.07) is 57.8. The molecule has 0 saturated carbocycles. The van der Waals surface area contributed by atoms with Gasteiger partial charge in [-0.1, -0.05) is 103 Å². The maximum absolute atomic E-state index is 4.77. The number of hydrogen-bond acceptors (Lipinski definition) is 3. The molecule has 6 aromatic carbocycles. The summed E-state index contributed by atoms with van der Waals surface area (Å²) in [5.74, 6) is 0.922. The Bertz CT molecular complexity index is 2480. The van der Waals surface area contributed by atoms with E-state index in [1.807, 2.05) is 12.3 Å². The van der Waals surface area contributed by atoms with Crippen LogP contribution in [0.3, 0.4) is 0 Å². The summed E-state index contributed by atoms with van der Waals surface area (Å²) >= 11 is 0. The molecule has 1 aliphatic heterocycles.